The van der Waals surface area contributed by atoms with Crippen LogP contribution in [0.15, 0.2) is 18.2 Å². The van der Waals surface area contributed by atoms with Crippen molar-refractivity contribution in [3.63, 3.8) is 0 Å². The Morgan fingerprint density at radius 1 is 1.22 bits per heavy atom. The average Bonchev–Trinajstić information content (AvgIpc) is 2.66. The summed E-state index contributed by atoms with van der Waals surface area (Å²) in [5, 5.41) is 4.89. The molecule has 1 unspecified atom stereocenters. The number of aromatic nitrogens is 1. The van der Waals surface area contributed by atoms with Gasteiger partial charge in [0.2, 0.25) is 0 Å². The van der Waals surface area contributed by atoms with Crippen molar-refractivity contribution in [2.45, 2.75) is 45.6 Å². The highest BCUT2D eigenvalue weighted by Gasteiger charge is 2.22. The third-order valence-corrected chi connectivity index (χ3v) is 4.03. The van der Waals surface area contributed by atoms with E-state index in [1.54, 1.807) is 0 Å². The van der Waals surface area contributed by atoms with Crippen molar-refractivity contribution in [3.05, 3.63) is 35.0 Å². The molecule has 1 atom stereocenters. The molecule has 1 aliphatic heterocycles. The minimum Gasteiger partial charge on any atom is -0.357 e. The number of hydrogen-bond acceptors (Lipinski definition) is 1. The second-order valence-corrected chi connectivity index (χ2v) is 6.56. The van der Waals surface area contributed by atoms with Gasteiger partial charge in [-0.3, -0.25) is 0 Å². The molecule has 18 heavy (non-hydrogen) atoms. The Bertz CT molecular complexity index is 587. The molecule has 0 saturated heterocycles. The van der Waals surface area contributed by atoms with E-state index in [2.05, 4.69) is 56.2 Å². The Hall–Kier alpha value is -1.28. The summed E-state index contributed by atoms with van der Waals surface area (Å²) in [6.07, 6.45) is 0. The topological polar surface area (TPSA) is 27.8 Å². The molecule has 3 rings (SSSR count). The third-order valence-electron chi connectivity index (χ3n) is 4.03. The lowest BCUT2D eigenvalue weighted by Crippen LogP contribution is -2.26. The summed E-state index contributed by atoms with van der Waals surface area (Å²) in [4.78, 5) is 3.56. The van der Waals surface area contributed by atoms with Gasteiger partial charge in [0.15, 0.2) is 0 Å². The Labute approximate surface area is 109 Å². The van der Waals surface area contributed by atoms with Crippen molar-refractivity contribution in [3.8, 4) is 0 Å². The molecule has 96 valence electrons. The molecule has 1 aromatic heterocycles. The SMILES string of the molecule is CC1CNCc2[nH]c3ccc(C(C)(C)C)cc3c21. The van der Waals surface area contributed by atoms with Crippen LogP contribution in [0.25, 0.3) is 10.9 Å². The van der Waals surface area contributed by atoms with Gasteiger partial charge in [-0.2, -0.15) is 0 Å². The summed E-state index contributed by atoms with van der Waals surface area (Å²) in [6, 6.07) is 6.87. The van der Waals surface area contributed by atoms with E-state index in [1.165, 1.54) is 27.7 Å². The zero-order valence-electron chi connectivity index (χ0n) is 11.7. The van der Waals surface area contributed by atoms with Crippen LogP contribution < -0.4 is 5.32 Å². The summed E-state index contributed by atoms with van der Waals surface area (Å²) in [5.41, 5.74) is 5.81. The highest BCUT2D eigenvalue weighted by atomic mass is 14.9. The Kier molecular flexibility index (Phi) is 2.53. The Balaban J connectivity index is 2.24. The fourth-order valence-electron chi connectivity index (χ4n) is 2.95. The fourth-order valence-corrected chi connectivity index (χ4v) is 2.95. The first-order chi connectivity index (χ1) is 8.47. The molecule has 2 aromatic rings. The van der Waals surface area contributed by atoms with Crippen LogP contribution in [0.3, 0.4) is 0 Å². The van der Waals surface area contributed by atoms with Crippen molar-refractivity contribution >= 4 is 10.9 Å². The lowest BCUT2D eigenvalue weighted by atomic mass is 9.85. The normalized spacial score (nSPS) is 20.1. The lowest BCUT2D eigenvalue weighted by molar-refractivity contribution is 0.568. The van der Waals surface area contributed by atoms with Crippen LogP contribution in [0, 0.1) is 0 Å². The molecule has 2 N–H and O–H groups in total. The van der Waals surface area contributed by atoms with Crippen LogP contribution in [-0.2, 0) is 12.0 Å². The summed E-state index contributed by atoms with van der Waals surface area (Å²) in [7, 11) is 0. The van der Waals surface area contributed by atoms with E-state index in [0.29, 0.717) is 5.92 Å². The van der Waals surface area contributed by atoms with Gasteiger partial charge in [-0.1, -0.05) is 33.8 Å². The third kappa shape index (κ3) is 1.76. The molecule has 2 nitrogen and oxygen atoms in total. The lowest BCUT2D eigenvalue weighted by Gasteiger charge is -2.22. The van der Waals surface area contributed by atoms with Crippen LogP contribution in [0.4, 0.5) is 0 Å². The Morgan fingerprint density at radius 2 is 2.00 bits per heavy atom. The molecule has 1 aliphatic rings. The van der Waals surface area contributed by atoms with Gasteiger partial charge >= 0.3 is 0 Å². The van der Waals surface area contributed by atoms with Crippen LogP contribution in [-0.4, -0.2) is 11.5 Å². The second-order valence-electron chi connectivity index (χ2n) is 6.56. The maximum absolute atomic E-state index is 3.56. The van der Waals surface area contributed by atoms with Gasteiger partial charge in [-0.25, -0.2) is 0 Å². The van der Waals surface area contributed by atoms with Crippen molar-refractivity contribution in [1.82, 2.24) is 10.3 Å². The molecular weight excluding hydrogens is 220 g/mol. The molecular formula is C16H22N2. The molecule has 1 aromatic carbocycles. The molecule has 0 aliphatic carbocycles. The van der Waals surface area contributed by atoms with Crippen molar-refractivity contribution in [2.24, 2.45) is 0 Å². The Morgan fingerprint density at radius 3 is 2.72 bits per heavy atom. The molecule has 0 amide bonds. The molecule has 0 spiro atoms. The van der Waals surface area contributed by atoms with Crippen LogP contribution in [0.5, 0.6) is 0 Å². The number of rotatable bonds is 0. The van der Waals surface area contributed by atoms with E-state index in [1.807, 2.05) is 0 Å². The predicted molar refractivity (Wildman–Crippen MR) is 77.1 cm³/mol. The van der Waals surface area contributed by atoms with Gasteiger partial charge in [0.05, 0.1) is 0 Å². The first-order valence-electron chi connectivity index (χ1n) is 6.82. The van der Waals surface area contributed by atoms with Crippen molar-refractivity contribution in [2.75, 3.05) is 6.54 Å². The maximum Gasteiger partial charge on any atom is 0.0459 e. The second kappa shape index (κ2) is 3.86. The number of benzene rings is 1. The standard InChI is InChI=1S/C16H22N2/c1-10-8-17-9-14-15(10)12-7-11(16(2,3)4)5-6-13(12)18-14/h5-7,10,17-18H,8-9H2,1-4H3. The maximum atomic E-state index is 3.56. The average molecular weight is 242 g/mol. The van der Waals surface area contributed by atoms with Gasteiger partial charge in [0.25, 0.3) is 0 Å². The van der Waals surface area contributed by atoms with Crippen LogP contribution in [0.1, 0.15) is 50.4 Å². The van der Waals surface area contributed by atoms with Gasteiger partial charge in [0, 0.05) is 29.7 Å². The van der Waals surface area contributed by atoms with E-state index in [4.69, 9.17) is 0 Å². The monoisotopic (exact) mass is 242 g/mol. The zero-order chi connectivity index (χ0) is 12.9. The number of hydrogen-bond donors (Lipinski definition) is 2. The number of H-pyrrole nitrogens is 1. The van der Waals surface area contributed by atoms with E-state index >= 15 is 0 Å². The highest BCUT2D eigenvalue weighted by molar-refractivity contribution is 5.86. The minimum atomic E-state index is 0.217. The molecule has 2 heteroatoms. The molecule has 0 saturated carbocycles. The zero-order valence-corrected chi connectivity index (χ0v) is 11.7. The van der Waals surface area contributed by atoms with E-state index in [-0.39, 0.29) is 5.41 Å². The molecule has 2 heterocycles. The molecule has 0 fully saturated rings. The van der Waals surface area contributed by atoms with Crippen molar-refractivity contribution in [1.29, 1.82) is 0 Å². The first kappa shape index (κ1) is 11.8. The molecule has 0 bridgehead atoms. The van der Waals surface area contributed by atoms with Gasteiger partial charge in [-0.15, -0.1) is 0 Å². The number of aromatic amines is 1. The fraction of sp³-hybridized carbons (Fsp3) is 0.500. The first-order valence-corrected chi connectivity index (χ1v) is 6.82. The highest BCUT2D eigenvalue weighted by Crippen LogP contribution is 2.34. The van der Waals surface area contributed by atoms with Gasteiger partial charge in [0.1, 0.15) is 0 Å². The van der Waals surface area contributed by atoms with Crippen LogP contribution in [0.2, 0.25) is 0 Å². The van der Waals surface area contributed by atoms with Crippen LogP contribution >= 0.6 is 0 Å². The minimum absolute atomic E-state index is 0.217. The quantitative estimate of drug-likeness (QED) is 0.724. The molecule has 0 radical (unpaired) electrons. The van der Waals surface area contributed by atoms with Gasteiger partial charge in [-0.05, 0) is 34.6 Å². The van der Waals surface area contributed by atoms with Gasteiger partial charge < -0.3 is 10.3 Å². The summed E-state index contributed by atoms with van der Waals surface area (Å²) < 4.78 is 0. The van der Waals surface area contributed by atoms with E-state index < -0.39 is 0 Å². The number of nitrogens with one attached hydrogen (secondary N) is 2. The van der Waals surface area contributed by atoms with Crippen molar-refractivity contribution < 1.29 is 0 Å². The number of fused-ring (bicyclic) bond motifs is 3. The summed E-state index contributed by atoms with van der Waals surface area (Å²) >= 11 is 0. The van der Waals surface area contributed by atoms with E-state index in [0.717, 1.165) is 13.1 Å². The van der Waals surface area contributed by atoms with E-state index in [9.17, 15) is 0 Å². The summed E-state index contributed by atoms with van der Waals surface area (Å²) in [6.45, 7) is 11.2. The smallest absolute Gasteiger partial charge is 0.0459 e. The summed E-state index contributed by atoms with van der Waals surface area (Å²) in [5.74, 6) is 0.595. The largest absolute Gasteiger partial charge is 0.357 e. The predicted octanol–water partition coefficient (Wildman–Crippen LogP) is 3.67.